The molecular formula is C14H18N2O4. The van der Waals surface area contributed by atoms with Crippen molar-refractivity contribution in [2.75, 3.05) is 14.2 Å². The molecule has 6 heteroatoms. The van der Waals surface area contributed by atoms with Crippen molar-refractivity contribution in [2.45, 2.75) is 25.4 Å². The monoisotopic (exact) mass is 278 g/mol. The molecule has 1 aliphatic rings. The average Bonchev–Trinajstić information content (AvgIpc) is 2.91. The quantitative estimate of drug-likeness (QED) is 0.827. The molecule has 1 saturated heterocycles. The van der Waals surface area contributed by atoms with E-state index in [0.29, 0.717) is 30.9 Å². The second kappa shape index (κ2) is 6.27. The molecule has 0 radical (unpaired) electrons. The van der Waals surface area contributed by atoms with Gasteiger partial charge >= 0.3 is 0 Å². The fourth-order valence-corrected chi connectivity index (χ4v) is 2.09. The summed E-state index contributed by atoms with van der Waals surface area (Å²) in [5.41, 5.74) is 0.874. The highest BCUT2D eigenvalue weighted by Gasteiger charge is 2.26. The first-order chi connectivity index (χ1) is 9.62. The van der Waals surface area contributed by atoms with Gasteiger partial charge in [0, 0.05) is 19.0 Å². The van der Waals surface area contributed by atoms with Crippen LogP contribution in [0.1, 0.15) is 18.4 Å². The van der Waals surface area contributed by atoms with E-state index in [1.54, 1.807) is 20.3 Å². The first-order valence-corrected chi connectivity index (χ1v) is 6.41. The Balaban J connectivity index is 1.96. The van der Waals surface area contributed by atoms with Crippen LogP contribution in [0.3, 0.4) is 0 Å². The number of nitrogens with one attached hydrogen (secondary N) is 2. The molecule has 1 unspecified atom stereocenters. The Morgan fingerprint density at radius 3 is 2.45 bits per heavy atom. The van der Waals surface area contributed by atoms with E-state index in [2.05, 4.69) is 10.6 Å². The molecule has 1 aromatic carbocycles. The third-order valence-electron chi connectivity index (χ3n) is 3.19. The van der Waals surface area contributed by atoms with Crippen molar-refractivity contribution in [3.8, 4) is 11.5 Å². The second-order valence-electron chi connectivity index (χ2n) is 4.60. The van der Waals surface area contributed by atoms with Crippen molar-refractivity contribution in [3.63, 3.8) is 0 Å². The van der Waals surface area contributed by atoms with Crippen LogP contribution in [0.15, 0.2) is 18.2 Å². The summed E-state index contributed by atoms with van der Waals surface area (Å²) in [5.74, 6) is 1.09. The SMILES string of the molecule is COc1cc(CNC(=O)C2CCC(=O)N2)cc(OC)c1. The minimum Gasteiger partial charge on any atom is -0.497 e. The van der Waals surface area contributed by atoms with E-state index >= 15 is 0 Å². The summed E-state index contributed by atoms with van der Waals surface area (Å²) in [4.78, 5) is 23.0. The molecule has 0 bridgehead atoms. The van der Waals surface area contributed by atoms with E-state index in [9.17, 15) is 9.59 Å². The van der Waals surface area contributed by atoms with Crippen LogP contribution >= 0.6 is 0 Å². The first-order valence-electron chi connectivity index (χ1n) is 6.41. The standard InChI is InChI=1S/C14H18N2O4/c1-19-10-5-9(6-11(7-10)20-2)8-15-14(18)12-3-4-13(17)16-12/h5-7,12H,3-4,8H2,1-2H3,(H,15,18)(H,16,17). The number of ether oxygens (including phenoxy) is 2. The van der Waals surface area contributed by atoms with Crippen molar-refractivity contribution >= 4 is 11.8 Å². The van der Waals surface area contributed by atoms with Crippen LogP contribution in [0.4, 0.5) is 0 Å². The molecule has 0 saturated carbocycles. The molecule has 0 aliphatic carbocycles. The summed E-state index contributed by atoms with van der Waals surface area (Å²) in [7, 11) is 3.15. The lowest BCUT2D eigenvalue weighted by molar-refractivity contribution is -0.125. The normalized spacial score (nSPS) is 17.5. The van der Waals surface area contributed by atoms with Gasteiger partial charge in [-0.1, -0.05) is 0 Å². The molecule has 1 fully saturated rings. The van der Waals surface area contributed by atoms with E-state index in [4.69, 9.17) is 9.47 Å². The molecule has 2 amide bonds. The smallest absolute Gasteiger partial charge is 0.242 e. The fourth-order valence-electron chi connectivity index (χ4n) is 2.09. The van der Waals surface area contributed by atoms with Crippen LogP contribution in [-0.2, 0) is 16.1 Å². The topological polar surface area (TPSA) is 76.7 Å². The van der Waals surface area contributed by atoms with Gasteiger partial charge < -0.3 is 20.1 Å². The molecular weight excluding hydrogens is 260 g/mol. The summed E-state index contributed by atoms with van der Waals surface area (Å²) in [6, 6.07) is 5.00. The van der Waals surface area contributed by atoms with Gasteiger partial charge in [0.25, 0.3) is 0 Å². The van der Waals surface area contributed by atoms with Crippen LogP contribution < -0.4 is 20.1 Å². The van der Waals surface area contributed by atoms with Crippen LogP contribution in [0, 0.1) is 0 Å². The molecule has 108 valence electrons. The average molecular weight is 278 g/mol. The number of benzene rings is 1. The number of amides is 2. The molecule has 1 aromatic rings. The summed E-state index contributed by atoms with van der Waals surface area (Å²) >= 11 is 0. The van der Waals surface area contributed by atoms with Gasteiger partial charge in [0.2, 0.25) is 11.8 Å². The molecule has 2 rings (SSSR count). The van der Waals surface area contributed by atoms with Gasteiger partial charge in [-0.05, 0) is 24.1 Å². The minimum absolute atomic E-state index is 0.0757. The van der Waals surface area contributed by atoms with Gasteiger partial charge in [0.15, 0.2) is 0 Å². The van der Waals surface area contributed by atoms with Crippen molar-refractivity contribution in [1.29, 1.82) is 0 Å². The largest absolute Gasteiger partial charge is 0.497 e. The zero-order chi connectivity index (χ0) is 14.5. The van der Waals surface area contributed by atoms with Crippen molar-refractivity contribution in [1.82, 2.24) is 10.6 Å². The number of methoxy groups -OCH3 is 2. The fraction of sp³-hybridized carbons (Fsp3) is 0.429. The molecule has 0 aromatic heterocycles. The maximum atomic E-state index is 11.9. The number of hydrogen-bond acceptors (Lipinski definition) is 4. The molecule has 2 N–H and O–H groups in total. The maximum Gasteiger partial charge on any atom is 0.242 e. The highest BCUT2D eigenvalue weighted by molar-refractivity contribution is 5.90. The molecule has 1 atom stereocenters. The Morgan fingerprint density at radius 2 is 1.95 bits per heavy atom. The summed E-state index contributed by atoms with van der Waals surface area (Å²) in [5, 5.41) is 5.43. The van der Waals surface area contributed by atoms with Crippen molar-refractivity contribution in [2.24, 2.45) is 0 Å². The molecule has 20 heavy (non-hydrogen) atoms. The zero-order valence-electron chi connectivity index (χ0n) is 11.6. The Labute approximate surface area is 117 Å². The second-order valence-corrected chi connectivity index (χ2v) is 4.60. The molecule has 0 spiro atoms. The number of carbonyl (C=O) groups is 2. The van der Waals surface area contributed by atoms with Gasteiger partial charge in [0.05, 0.1) is 14.2 Å². The van der Waals surface area contributed by atoms with Crippen LogP contribution in [0.5, 0.6) is 11.5 Å². The third-order valence-corrected chi connectivity index (χ3v) is 3.19. The van der Waals surface area contributed by atoms with Gasteiger partial charge in [-0.15, -0.1) is 0 Å². The minimum atomic E-state index is -0.421. The van der Waals surface area contributed by atoms with Gasteiger partial charge in [-0.2, -0.15) is 0 Å². The highest BCUT2D eigenvalue weighted by Crippen LogP contribution is 2.22. The summed E-state index contributed by atoms with van der Waals surface area (Å²) < 4.78 is 10.3. The van der Waals surface area contributed by atoms with E-state index in [1.807, 2.05) is 12.1 Å². The maximum absolute atomic E-state index is 11.9. The predicted molar refractivity (Wildman–Crippen MR) is 72.6 cm³/mol. The lowest BCUT2D eigenvalue weighted by atomic mass is 10.1. The third kappa shape index (κ3) is 3.40. The summed E-state index contributed by atoms with van der Waals surface area (Å²) in [6.45, 7) is 0.360. The van der Waals surface area contributed by atoms with Crippen molar-refractivity contribution in [3.05, 3.63) is 23.8 Å². The predicted octanol–water partition coefficient (Wildman–Crippen LogP) is 0.599. The lowest BCUT2D eigenvalue weighted by Crippen LogP contribution is -2.41. The molecule has 1 heterocycles. The lowest BCUT2D eigenvalue weighted by Gasteiger charge is -2.12. The van der Waals surface area contributed by atoms with Crippen LogP contribution in [0.2, 0.25) is 0 Å². The Hall–Kier alpha value is -2.24. The number of carbonyl (C=O) groups excluding carboxylic acids is 2. The van der Waals surface area contributed by atoms with Crippen LogP contribution in [-0.4, -0.2) is 32.1 Å². The zero-order valence-corrected chi connectivity index (χ0v) is 11.6. The van der Waals surface area contributed by atoms with Gasteiger partial charge in [-0.3, -0.25) is 9.59 Å². The van der Waals surface area contributed by atoms with E-state index in [-0.39, 0.29) is 11.8 Å². The number of rotatable bonds is 5. The van der Waals surface area contributed by atoms with Crippen LogP contribution in [0.25, 0.3) is 0 Å². The van der Waals surface area contributed by atoms with Gasteiger partial charge in [0.1, 0.15) is 17.5 Å². The molecule has 1 aliphatic heterocycles. The Morgan fingerprint density at radius 1 is 1.30 bits per heavy atom. The molecule has 6 nitrogen and oxygen atoms in total. The van der Waals surface area contributed by atoms with Gasteiger partial charge in [-0.25, -0.2) is 0 Å². The van der Waals surface area contributed by atoms with E-state index in [0.717, 1.165) is 5.56 Å². The Bertz CT molecular complexity index is 494. The van der Waals surface area contributed by atoms with Crippen molar-refractivity contribution < 1.29 is 19.1 Å². The number of hydrogen-bond donors (Lipinski definition) is 2. The highest BCUT2D eigenvalue weighted by atomic mass is 16.5. The van der Waals surface area contributed by atoms with E-state index < -0.39 is 6.04 Å². The summed E-state index contributed by atoms with van der Waals surface area (Å²) in [6.07, 6.45) is 0.956. The Kier molecular flexibility index (Phi) is 4.45. The van der Waals surface area contributed by atoms with E-state index in [1.165, 1.54) is 0 Å². The first kappa shape index (κ1) is 14.2.